The van der Waals surface area contributed by atoms with Gasteiger partial charge in [0, 0.05) is 20.1 Å². The molecule has 6 nitrogen and oxygen atoms in total. The summed E-state index contributed by atoms with van der Waals surface area (Å²) in [7, 11) is -0.845. The number of carbonyl (C=O) groups excluding carboxylic acids is 1. The highest BCUT2D eigenvalue weighted by Crippen LogP contribution is 2.18. The number of nitrogens with zero attached hydrogens (tertiary/aromatic N) is 2. The van der Waals surface area contributed by atoms with Crippen molar-refractivity contribution in [3.8, 4) is 0 Å². The molecule has 0 saturated carbocycles. The average Bonchev–Trinajstić information content (AvgIpc) is 2.35. The molecule has 0 atom stereocenters. The molecule has 1 aromatic rings. The van der Waals surface area contributed by atoms with E-state index in [4.69, 9.17) is 0 Å². The first kappa shape index (κ1) is 16.5. The highest BCUT2D eigenvalue weighted by Gasteiger charge is 2.27. The fourth-order valence-electron chi connectivity index (χ4n) is 1.60. The first-order valence-electron chi connectivity index (χ1n) is 6.29. The molecule has 0 aromatic heterocycles. The molecule has 0 fully saturated rings. The second-order valence-electron chi connectivity index (χ2n) is 4.85. The standard InChI is InChI=1S/C13H21N3O3S/c1-11(2)14-13(17)10-16(20(18,19)15(3)4)12-8-6-5-7-9-12/h5-9,11H,10H2,1-4H3,(H,14,17). The van der Waals surface area contributed by atoms with Crippen LogP contribution in [-0.2, 0) is 15.0 Å². The van der Waals surface area contributed by atoms with Gasteiger partial charge in [0.25, 0.3) is 0 Å². The van der Waals surface area contributed by atoms with Gasteiger partial charge in [-0.2, -0.15) is 12.7 Å². The van der Waals surface area contributed by atoms with Crippen LogP contribution < -0.4 is 9.62 Å². The predicted octanol–water partition coefficient (Wildman–Crippen LogP) is 0.824. The number of hydrogen-bond donors (Lipinski definition) is 1. The number of carbonyl (C=O) groups is 1. The van der Waals surface area contributed by atoms with Gasteiger partial charge in [0.1, 0.15) is 6.54 Å². The van der Waals surface area contributed by atoms with Crippen molar-refractivity contribution in [2.24, 2.45) is 0 Å². The molecule has 0 radical (unpaired) electrons. The van der Waals surface area contributed by atoms with E-state index in [1.165, 1.54) is 14.1 Å². The molecule has 0 bridgehead atoms. The van der Waals surface area contributed by atoms with Crippen LogP contribution >= 0.6 is 0 Å². The van der Waals surface area contributed by atoms with Crippen LogP contribution in [-0.4, -0.2) is 45.3 Å². The SMILES string of the molecule is CC(C)NC(=O)CN(c1ccccc1)S(=O)(=O)N(C)C. The summed E-state index contributed by atoms with van der Waals surface area (Å²) in [6.45, 7) is 3.40. The lowest BCUT2D eigenvalue weighted by Gasteiger charge is -2.27. The van der Waals surface area contributed by atoms with Crippen LogP contribution in [0.5, 0.6) is 0 Å². The van der Waals surface area contributed by atoms with E-state index in [2.05, 4.69) is 5.32 Å². The number of rotatable bonds is 6. The van der Waals surface area contributed by atoms with Crippen molar-refractivity contribution in [3.63, 3.8) is 0 Å². The molecule has 112 valence electrons. The van der Waals surface area contributed by atoms with Gasteiger partial charge in [0.2, 0.25) is 5.91 Å². The fourth-order valence-corrected chi connectivity index (χ4v) is 2.66. The minimum absolute atomic E-state index is 0.0396. The number of nitrogens with one attached hydrogen (secondary N) is 1. The molecule has 0 aliphatic carbocycles. The molecule has 0 unspecified atom stereocenters. The van der Waals surface area contributed by atoms with Gasteiger partial charge in [-0.1, -0.05) is 18.2 Å². The zero-order chi connectivity index (χ0) is 15.3. The summed E-state index contributed by atoms with van der Waals surface area (Å²) in [6.07, 6.45) is 0. The summed E-state index contributed by atoms with van der Waals surface area (Å²) < 4.78 is 26.8. The van der Waals surface area contributed by atoms with Crippen LogP contribution in [0.3, 0.4) is 0 Å². The Labute approximate surface area is 120 Å². The Hall–Kier alpha value is -1.60. The zero-order valence-corrected chi connectivity index (χ0v) is 13.0. The Bertz CT molecular complexity index is 541. The molecule has 7 heteroatoms. The molecular weight excluding hydrogens is 278 g/mol. The quantitative estimate of drug-likeness (QED) is 0.845. The van der Waals surface area contributed by atoms with Gasteiger partial charge in [0.05, 0.1) is 5.69 Å². The van der Waals surface area contributed by atoms with Crippen molar-refractivity contribution < 1.29 is 13.2 Å². The molecule has 1 amide bonds. The maximum absolute atomic E-state index is 12.3. The molecule has 0 saturated heterocycles. The summed E-state index contributed by atoms with van der Waals surface area (Å²) in [5.41, 5.74) is 0.458. The van der Waals surface area contributed by atoms with Gasteiger partial charge >= 0.3 is 10.2 Å². The van der Waals surface area contributed by atoms with E-state index in [1.807, 2.05) is 13.8 Å². The topological polar surface area (TPSA) is 69.7 Å². The molecular formula is C13H21N3O3S. The van der Waals surface area contributed by atoms with Crippen LogP contribution in [0, 0.1) is 0 Å². The lowest BCUT2D eigenvalue weighted by molar-refractivity contribution is -0.120. The third kappa shape index (κ3) is 4.21. The van der Waals surface area contributed by atoms with E-state index in [9.17, 15) is 13.2 Å². The molecule has 0 spiro atoms. The summed E-state index contributed by atoms with van der Waals surface area (Å²) >= 11 is 0. The second-order valence-corrected chi connectivity index (χ2v) is 6.92. The summed E-state index contributed by atoms with van der Waals surface area (Å²) in [5.74, 6) is -0.339. The average molecular weight is 299 g/mol. The van der Waals surface area contributed by atoms with Crippen LogP contribution in [0.4, 0.5) is 5.69 Å². The van der Waals surface area contributed by atoms with E-state index >= 15 is 0 Å². The number of para-hydroxylation sites is 1. The van der Waals surface area contributed by atoms with E-state index in [-0.39, 0.29) is 18.5 Å². The molecule has 20 heavy (non-hydrogen) atoms. The molecule has 1 aromatic carbocycles. The Kier molecular flexibility index (Phi) is 5.52. The lowest BCUT2D eigenvalue weighted by Crippen LogP contribution is -2.46. The van der Waals surface area contributed by atoms with Crippen molar-refractivity contribution in [1.29, 1.82) is 0 Å². The van der Waals surface area contributed by atoms with Crippen molar-refractivity contribution in [2.75, 3.05) is 24.9 Å². The van der Waals surface area contributed by atoms with Crippen molar-refractivity contribution >= 4 is 21.8 Å². The normalized spacial score (nSPS) is 11.7. The van der Waals surface area contributed by atoms with Gasteiger partial charge in [0.15, 0.2) is 0 Å². The third-order valence-electron chi connectivity index (χ3n) is 2.52. The maximum Gasteiger partial charge on any atom is 0.304 e. The number of amides is 1. The van der Waals surface area contributed by atoms with E-state index in [0.717, 1.165) is 8.61 Å². The molecule has 0 aliphatic rings. The Morgan fingerprint density at radius 3 is 2.20 bits per heavy atom. The summed E-state index contributed by atoms with van der Waals surface area (Å²) in [4.78, 5) is 11.9. The zero-order valence-electron chi connectivity index (χ0n) is 12.2. The first-order valence-corrected chi connectivity index (χ1v) is 7.69. The minimum Gasteiger partial charge on any atom is -0.352 e. The van der Waals surface area contributed by atoms with E-state index < -0.39 is 10.2 Å². The highest BCUT2D eigenvalue weighted by atomic mass is 32.2. The van der Waals surface area contributed by atoms with Crippen LogP contribution in [0.2, 0.25) is 0 Å². The lowest BCUT2D eigenvalue weighted by atomic mass is 10.3. The third-order valence-corrected chi connectivity index (χ3v) is 4.34. The predicted molar refractivity (Wildman–Crippen MR) is 79.7 cm³/mol. The maximum atomic E-state index is 12.3. The summed E-state index contributed by atoms with van der Waals surface area (Å²) in [6, 6.07) is 8.52. The van der Waals surface area contributed by atoms with Gasteiger partial charge in [-0.3, -0.25) is 4.79 Å². The molecule has 0 aliphatic heterocycles. The van der Waals surface area contributed by atoms with Gasteiger partial charge in [-0.25, -0.2) is 4.31 Å². The second kappa shape index (κ2) is 6.71. The largest absolute Gasteiger partial charge is 0.352 e. The smallest absolute Gasteiger partial charge is 0.304 e. The molecule has 1 N–H and O–H groups in total. The first-order chi connectivity index (χ1) is 9.25. The van der Waals surface area contributed by atoms with Crippen molar-refractivity contribution in [2.45, 2.75) is 19.9 Å². The molecule has 0 heterocycles. The Morgan fingerprint density at radius 2 is 1.75 bits per heavy atom. The number of benzene rings is 1. The fraction of sp³-hybridized carbons (Fsp3) is 0.462. The van der Waals surface area contributed by atoms with Crippen LogP contribution in [0.25, 0.3) is 0 Å². The Morgan fingerprint density at radius 1 is 1.20 bits per heavy atom. The van der Waals surface area contributed by atoms with Crippen LogP contribution in [0.1, 0.15) is 13.8 Å². The number of anilines is 1. The number of hydrogen-bond acceptors (Lipinski definition) is 3. The van der Waals surface area contributed by atoms with E-state index in [1.54, 1.807) is 30.3 Å². The summed E-state index contributed by atoms with van der Waals surface area (Å²) in [5, 5.41) is 2.69. The highest BCUT2D eigenvalue weighted by molar-refractivity contribution is 7.90. The Balaban J connectivity index is 3.07. The van der Waals surface area contributed by atoms with Crippen LogP contribution in [0.15, 0.2) is 30.3 Å². The van der Waals surface area contributed by atoms with Gasteiger partial charge in [-0.15, -0.1) is 0 Å². The van der Waals surface area contributed by atoms with E-state index in [0.29, 0.717) is 5.69 Å². The van der Waals surface area contributed by atoms with Crippen molar-refractivity contribution in [3.05, 3.63) is 30.3 Å². The van der Waals surface area contributed by atoms with Gasteiger partial charge in [-0.05, 0) is 26.0 Å². The minimum atomic E-state index is -3.72. The van der Waals surface area contributed by atoms with Gasteiger partial charge < -0.3 is 5.32 Å². The monoisotopic (exact) mass is 299 g/mol. The van der Waals surface area contributed by atoms with Crippen molar-refractivity contribution in [1.82, 2.24) is 9.62 Å². The molecule has 1 rings (SSSR count).